The number of rotatable bonds is 2. The van der Waals surface area contributed by atoms with Crippen LogP contribution in [0.3, 0.4) is 0 Å². The quantitative estimate of drug-likeness (QED) is 0.818. The van der Waals surface area contributed by atoms with Gasteiger partial charge in [-0.05, 0) is 62.2 Å². The van der Waals surface area contributed by atoms with Crippen LogP contribution in [-0.4, -0.2) is 10.6 Å². The summed E-state index contributed by atoms with van der Waals surface area (Å²) in [6, 6.07) is 13.5. The molecular weight excluding hydrogens is 294 g/mol. The zero-order valence-corrected chi connectivity index (χ0v) is 13.9. The van der Waals surface area contributed by atoms with Gasteiger partial charge in [0, 0.05) is 22.8 Å². The van der Waals surface area contributed by atoms with Gasteiger partial charge >= 0.3 is 0 Å². The third-order valence-electron chi connectivity index (χ3n) is 4.19. The van der Waals surface area contributed by atoms with Crippen LogP contribution in [0.5, 0.6) is 5.75 Å². The van der Waals surface area contributed by atoms with E-state index in [0.717, 1.165) is 22.8 Å². The van der Waals surface area contributed by atoms with E-state index < -0.39 is 0 Å². The van der Waals surface area contributed by atoms with E-state index in [1.165, 1.54) is 11.1 Å². The van der Waals surface area contributed by atoms with E-state index >= 15 is 0 Å². The van der Waals surface area contributed by atoms with Gasteiger partial charge in [-0.2, -0.15) is 0 Å². The van der Waals surface area contributed by atoms with Crippen LogP contribution in [0.15, 0.2) is 48.5 Å². The Labute approximate surface area is 136 Å². The molecule has 0 saturated carbocycles. The number of anilines is 1. The van der Waals surface area contributed by atoms with Crippen LogP contribution in [0.2, 0.25) is 5.02 Å². The highest BCUT2D eigenvalue weighted by atomic mass is 35.5. The van der Waals surface area contributed by atoms with Crippen molar-refractivity contribution in [3.8, 4) is 5.75 Å². The molecular formula is C19H20ClNO. The molecule has 3 heteroatoms. The first-order valence-electron chi connectivity index (χ1n) is 7.42. The number of allylic oxidation sites excluding steroid dienone is 1. The van der Waals surface area contributed by atoms with Crippen molar-refractivity contribution in [1.29, 1.82) is 0 Å². The first kappa shape index (κ1) is 15.0. The largest absolute Gasteiger partial charge is 0.508 e. The van der Waals surface area contributed by atoms with Crippen LogP contribution in [0.25, 0.3) is 5.57 Å². The van der Waals surface area contributed by atoms with Crippen LogP contribution >= 0.6 is 11.6 Å². The number of aromatic hydroxyl groups is 1. The Bertz CT molecular complexity index is 749. The molecule has 1 N–H and O–H groups in total. The molecule has 0 unspecified atom stereocenters. The smallest absolute Gasteiger partial charge is 0.116 e. The number of nitrogens with zero attached hydrogens (tertiary/aromatic N) is 1. The van der Waals surface area contributed by atoms with E-state index in [4.69, 9.17) is 11.6 Å². The van der Waals surface area contributed by atoms with Gasteiger partial charge in [-0.25, -0.2) is 0 Å². The molecule has 0 amide bonds. The molecule has 2 aromatic rings. The number of hydrogen-bond donors (Lipinski definition) is 1. The molecule has 0 aromatic heterocycles. The van der Waals surface area contributed by atoms with Gasteiger partial charge in [-0.15, -0.1) is 0 Å². The summed E-state index contributed by atoms with van der Waals surface area (Å²) in [4.78, 5) is 2.35. The fraction of sp³-hybridized carbons (Fsp3) is 0.263. The summed E-state index contributed by atoms with van der Waals surface area (Å²) in [7, 11) is 0. The highest BCUT2D eigenvalue weighted by molar-refractivity contribution is 6.30. The lowest BCUT2D eigenvalue weighted by Crippen LogP contribution is -2.44. The second kappa shape index (κ2) is 5.36. The summed E-state index contributed by atoms with van der Waals surface area (Å²) in [6.07, 6.45) is 2.25. The van der Waals surface area contributed by atoms with Gasteiger partial charge in [-0.3, -0.25) is 0 Å². The molecule has 1 aliphatic heterocycles. The van der Waals surface area contributed by atoms with Gasteiger partial charge in [0.25, 0.3) is 0 Å². The molecule has 0 aliphatic carbocycles. The lowest BCUT2D eigenvalue weighted by Gasteiger charge is -2.43. The normalized spacial score (nSPS) is 16.2. The summed E-state index contributed by atoms with van der Waals surface area (Å²) in [5, 5.41) is 10.5. The summed E-state index contributed by atoms with van der Waals surface area (Å²) in [5.41, 5.74) is 4.49. The molecule has 1 aliphatic rings. The van der Waals surface area contributed by atoms with Crippen molar-refractivity contribution in [2.75, 3.05) is 4.90 Å². The number of hydrogen-bond acceptors (Lipinski definition) is 2. The molecule has 0 spiro atoms. The molecule has 0 fully saturated rings. The van der Waals surface area contributed by atoms with E-state index in [1.54, 1.807) is 6.07 Å². The fourth-order valence-electron chi connectivity index (χ4n) is 3.18. The number of phenolic OH excluding ortho intramolecular Hbond substituents is 1. The Morgan fingerprint density at radius 3 is 2.64 bits per heavy atom. The molecule has 0 atom stereocenters. The van der Waals surface area contributed by atoms with Crippen LogP contribution in [0.1, 0.15) is 31.9 Å². The molecule has 114 valence electrons. The maximum atomic E-state index is 9.79. The Balaban J connectivity index is 2.06. The standard InChI is InChI=1S/C19H20ClNO/c1-13-11-19(2,3)21(12-14-5-4-6-15(20)9-14)18-8-7-16(22)10-17(13)18/h4-11,22H,12H2,1-3H3. The van der Waals surface area contributed by atoms with E-state index in [9.17, 15) is 5.11 Å². The fourth-order valence-corrected chi connectivity index (χ4v) is 3.39. The van der Waals surface area contributed by atoms with E-state index in [2.05, 4.69) is 37.8 Å². The monoisotopic (exact) mass is 313 g/mol. The topological polar surface area (TPSA) is 23.5 Å². The second-order valence-electron chi connectivity index (χ2n) is 6.40. The first-order chi connectivity index (χ1) is 10.4. The Kier molecular flexibility index (Phi) is 3.65. The minimum Gasteiger partial charge on any atom is -0.508 e. The van der Waals surface area contributed by atoms with E-state index in [1.807, 2.05) is 30.3 Å². The third-order valence-corrected chi connectivity index (χ3v) is 4.43. The predicted octanol–water partition coefficient (Wildman–Crippen LogP) is 5.25. The molecule has 22 heavy (non-hydrogen) atoms. The average Bonchev–Trinajstić information content (AvgIpc) is 2.43. The van der Waals surface area contributed by atoms with Crippen molar-refractivity contribution < 1.29 is 5.11 Å². The van der Waals surface area contributed by atoms with E-state index in [-0.39, 0.29) is 5.54 Å². The lowest BCUT2D eigenvalue weighted by molar-refractivity contribution is 0.474. The molecule has 0 saturated heterocycles. The summed E-state index contributed by atoms with van der Waals surface area (Å²) < 4.78 is 0. The highest BCUT2D eigenvalue weighted by Gasteiger charge is 2.31. The maximum Gasteiger partial charge on any atom is 0.116 e. The summed E-state index contributed by atoms with van der Waals surface area (Å²) in [5.74, 6) is 0.300. The molecule has 3 rings (SSSR count). The molecule has 0 bridgehead atoms. The van der Waals surface area contributed by atoms with Gasteiger partial charge in [0.15, 0.2) is 0 Å². The minimum absolute atomic E-state index is 0.101. The van der Waals surface area contributed by atoms with Gasteiger partial charge in [0.05, 0.1) is 5.54 Å². The zero-order valence-electron chi connectivity index (χ0n) is 13.1. The van der Waals surface area contributed by atoms with Crippen molar-refractivity contribution in [3.63, 3.8) is 0 Å². The van der Waals surface area contributed by atoms with Gasteiger partial charge in [0.2, 0.25) is 0 Å². The van der Waals surface area contributed by atoms with Gasteiger partial charge in [0.1, 0.15) is 5.75 Å². The second-order valence-corrected chi connectivity index (χ2v) is 6.83. The van der Waals surface area contributed by atoms with Crippen molar-refractivity contribution in [2.45, 2.75) is 32.9 Å². The van der Waals surface area contributed by atoms with Crippen LogP contribution in [-0.2, 0) is 6.54 Å². The minimum atomic E-state index is -0.101. The van der Waals surface area contributed by atoms with Crippen LogP contribution < -0.4 is 4.90 Å². The van der Waals surface area contributed by atoms with Crippen molar-refractivity contribution >= 4 is 22.9 Å². The molecule has 0 radical (unpaired) electrons. The Hall–Kier alpha value is -1.93. The summed E-state index contributed by atoms with van der Waals surface area (Å²) >= 11 is 6.11. The number of fused-ring (bicyclic) bond motifs is 1. The average molecular weight is 314 g/mol. The molecule has 1 heterocycles. The SMILES string of the molecule is CC1=CC(C)(C)N(Cc2cccc(Cl)c2)c2ccc(O)cc21. The van der Waals surface area contributed by atoms with Crippen molar-refractivity contribution in [3.05, 3.63) is 64.7 Å². The molecule has 2 aromatic carbocycles. The third kappa shape index (κ3) is 2.71. The van der Waals surface area contributed by atoms with Gasteiger partial charge in [-0.1, -0.05) is 29.8 Å². The van der Waals surface area contributed by atoms with Gasteiger partial charge < -0.3 is 10.0 Å². The lowest BCUT2D eigenvalue weighted by atomic mass is 9.88. The number of halogens is 1. The number of phenols is 1. The van der Waals surface area contributed by atoms with Crippen LogP contribution in [0.4, 0.5) is 5.69 Å². The first-order valence-corrected chi connectivity index (χ1v) is 7.79. The zero-order chi connectivity index (χ0) is 15.9. The van der Waals surface area contributed by atoms with Crippen molar-refractivity contribution in [1.82, 2.24) is 0 Å². The highest BCUT2D eigenvalue weighted by Crippen LogP contribution is 2.41. The molecule has 2 nitrogen and oxygen atoms in total. The van der Waals surface area contributed by atoms with Crippen LogP contribution in [0, 0.1) is 0 Å². The predicted molar refractivity (Wildman–Crippen MR) is 93.5 cm³/mol. The Morgan fingerprint density at radius 1 is 1.14 bits per heavy atom. The summed E-state index contributed by atoms with van der Waals surface area (Å²) in [6.45, 7) is 7.28. The Morgan fingerprint density at radius 2 is 1.91 bits per heavy atom. The van der Waals surface area contributed by atoms with Crippen molar-refractivity contribution in [2.24, 2.45) is 0 Å². The number of benzene rings is 2. The maximum absolute atomic E-state index is 9.79. The van der Waals surface area contributed by atoms with E-state index in [0.29, 0.717) is 5.75 Å².